The third-order valence-electron chi connectivity index (χ3n) is 13.1. The second kappa shape index (κ2) is 47.0. The van der Waals surface area contributed by atoms with Crippen LogP contribution in [-0.4, -0.2) is 140 Å². The molecule has 0 spiro atoms. The molecule has 12 atom stereocenters. The van der Waals surface area contributed by atoms with E-state index in [1.54, 1.807) is 6.08 Å². The van der Waals surface area contributed by atoms with Crippen LogP contribution in [0.25, 0.3) is 0 Å². The van der Waals surface area contributed by atoms with Crippen LogP contribution in [-0.2, 0) is 23.7 Å². The molecule has 12 unspecified atom stereocenters. The average molecular weight is 1080 g/mol. The largest absolute Gasteiger partial charge is 0.394 e. The van der Waals surface area contributed by atoms with Crippen molar-refractivity contribution in [3.63, 3.8) is 0 Å². The Hall–Kier alpha value is -3.87. The monoisotopic (exact) mass is 1080 g/mol. The van der Waals surface area contributed by atoms with E-state index in [4.69, 9.17) is 18.9 Å². The number of nitrogens with one attached hydrogen (secondary N) is 1. The van der Waals surface area contributed by atoms with Gasteiger partial charge in [0.15, 0.2) is 12.6 Å². The maximum absolute atomic E-state index is 13.2. The number of aliphatic hydroxyl groups excluding tert-OH is 8. The fraction of sp³-hybridized carbons (Fsp3) is 0.635. The predicted molar refractivity (Wildman–Crippen MR) is 308 cm³/mol. The zero-order valence-corrected chi connectivity index (χ0v) is 46.6. The molecule has 9 N–H and O–H groups in total. The Labute approximate surface area is 462 Å². The third-order valence-corrected chi connectivity index (χ3v) is 13.1. The summed E-state index contributed by atoms with van der Waals surface area (Å²) >= 11 is 0. The second-order valence-electron chi connectivity index (χ2n) is 19.7. The van der Waals surface area contributed by atoms with Crippen molar-refractivity contribution in [3.05, 3.63) is 134 Å². The van der Waals surface area contributed by atoms with Gasteiger partial charge in [-0.25, -0.2) is 0 Å². The lowest BCUT2D eigenvalue weighted by atomic mass is 9.97. The van der Waals surface area contributed by atoms with Gasteiger partial charge in [-0.15, -0.1) is 0 Å². The van der Waals surface area contributed by atoms with Gasteiger partial charge in [-0.05, 0) is 96.3 Å². The van der Waals surface area contributed by atoms with E-state index in [1.165, 1.54) is 32.1 Å². The van der Waals surface area contributed by atoms with Crippen LogP contribution in [0.1, 0.15) is 162 Å². The molecule has 0 aromatic heterocycles. The van der Waals surface area contributed by atoms with Gasteiger partial charge in [0.05, 0.1) is 32.0 Å². The standard InChI is InChI=1S/C63H101NO13/c1-3-5-7-9-11-13-15-16-17-18-19-20-21-22-23-24-25-26-27-28-29-30-31-32-33-34-35-36-37-39-41-43-45-47-55(68)64-51(52(67)46-44-42-40-38-14-12-10-8-6-4-2)50-74-62-60(73)58(71)61(54(49-66)76-62)77-63-59(72)57(70)56(69)53(48-65)75-63/h5,7,11,13,16-17,19-20,22-23,25-26,28-29,31-32,34-35,37,39,44,46,51-54,56-63,65-67,69-73H,3-4,6,8-10,12,14-15,18,21,24,27,30,33,36,38,40-43,45,47-50H2,1-2H3,(H,64,68)/b7-5-,13-11-,17-16-,20-19-,23-22-,26-25-,29-28-,32-31-,35-34-,39-37-,46-44+. The van der Waals surface area contributed by atoms with Crippen LogP contribution in [0.2, 0.25) is 0 Å². The Morgan fingerprint density at radius 3 is 1.38 bits per heavy atom. The lowest BCUT2D eigenvalue weighted by Gasteiger charge is -2.46. The number of ether oxygens (including phenoxy) is 4. The molecule has 0 bridgehead atoms. The van der Waals surface area contributed by atoms with Crippen molar-refractivity contribution in [3.8, 4) is 0 Å². The Balaban J connectivity index is 1.72. The minimum Gasteiger partial charge on any atom is -0.394 e. The van der Waals surface area contributed by atoms with Crippen molar-refractivity contribution in [2.45, 2.75) is 235 Å². The van der Waals surface area contributed by atoms with Crippen molar-refractivity contribution < 1.29 is 64.6 Å². The number of hydrogen-bond acceptors (Lipinski definition) is 13. The number of carbonyl (C=O) groups is 1. The molecule has 2 saturated heterocycles. The molecule has 14 nitrogen and oxygen atoms in total. The van der Waals surface area contributed by atoms with E-state index in [0.29, 0.717) is 6.42 Å². The molecule has 77 heavy (non-hydrogen) atoms. The third kappa shape index (κ3) is 32.7. The average Bonchev–Trinajstić information content (AvgIpc) is 3.45. The maximum Gasteiger partial charge on any atom is 0.220 e. The van der Waals surface area contributed by atoms with Gasteiger partial charge in [0, 0.05) is 6.42 Å². The minimum atomic E-state index is -1.80. The Bertz CT molecular complexity index is 1800. The normalized spacial score (nSPS) is 25.7. The zero-order valence-electron chi connectivity index (χ0n) is 46.6. The molecular weight excluding hydrogens is 979 g/mol. The van der Waals surface area contributed by atoms with Crippen LogP contribution in [0.5, 0.6) is 0 Å². The smallest absolute Gasteiger partial charge is 0.220 e. The maximum atomic E-state index is 13.2. The number of rotatable bonds is 43. The summed E-state index contributed by atoms with van der Waals surface area (Å²) in [5.41, 5.74) is 0. The predicted octanol–water partition coefficient (Wildman–Crippen LogP) is 9.60. The van der Waals surface area contributed by atoms with Crippen molar-refractivity contribution in [2.24, 2.45) is 0 Å². The first-order valence-electron chi connectivity index (χ1n) is 28.9. The first-order chi connectivity index (χ1) is 37.6. The molecule has 0 radical (unpaired) electrons. The molecule has 436 valence electrons. The number of aliphatic hydroxyl groups is 8. The van der Waals surface area contributed by atoms with Gasteiger partial charge in [-0.3, -0.25) is 4.79 Å². The highest BCUT2D eigenvalue weighted by atomic mass is 16.7. The molecule has 0 saturated carbocycles. The van der Waals surface area contributed by atoms with Gasteiger partial charge in [0.25, 0.3) is 0 Å². The van der Waals surface area contributed by atoms with Gasteiger partial charge in [-0.1, -0.05) is 192 Å². The van der Waals surface area contributed by atoms with Crippen molar-refractivity contribution in [2.75, 3.05) is 19.8 Å². The van der Waals surface area contributed by atoms with Crippen LogP contribution in [0, 0.1) is 0 Å². The van der Waals surface area contributed by atoms with Crippen LogP contribution in [0.3, 0.4) is 0 Å². The lowest BCUT2D eigenvalue weighted by molar-refractivity contribution is -0.359. The van der Waals surface area contributed by atoms with E-state index < -0.39 is 86.8 Å². The summed E-state index contributed by atoms with van der Waals surface area (Å²) in [5.74, 6) is -0.291. The van der Waals surface area contributed by atoms with Gasteiger partial charge in [0.2, 0.25) is 5.91 Å². The highest BCUT2D eigenvalue weighted by Gasteiger charge is 2.51. The van der Waals surface area contributed by atoms with E-state index in [1.807, 2.05) is 6.08 Å². The van der Waals surface area contributed by atoms with Crippen molar-refractivity contribution in [1.82, 2.24) is 5.32 Å². The molecule has 2 fully saturated rings. The summed E-state index contributed by atoms with van der Waals surface area (Å²) in [4.78, 5) is 13.2. The summed E-state index contributed by atoms with van der Waals surface area (Å²) in [6.07, 6.45) is 52.2. The molecule has 1 amide bonds. The summed E-state index contributed by atoms with van der Waals surface area (Å²) in [6, 6.07) is -0.946. The molecule has 2 heterocycles. The highest BCUT2D eigenvalue weighted by Crippen LogP contribution is 2.30. The molecule has 0 aromatic rings. The van der Waals surface area contributed by atoms with Gasteiger partial charge < -0.3 is 65.1 Å². The topological polar surface area (TPSA) is 228 Å². The van der Waals surface area contributed by atoms with Crippen molar-refractivity contribution >= 4 is 5.91 Å². The van der Waals surface area contributed by atoms with E-state index in [0.717, 1.165) is 103 Å². The van der Waals surface area contributed by atoms with Gasteiger partial charge in [0.1, 0.15) is 48.8 Å². The number of amides is 1. The quantitative estimate of drug-likeness (QED) is 0.0205. The molecule has 14 heteroatoms. The molecule has 0 aromatic carbocycles. The van der Waals surface area contributed by atoms with Crippen LogP contribution in [0.4, 0.5) is 0 Å². The minimum absolute atomic E-state index is 0.216. The van der Waals surface area contributed by atoms with Gasteiger partial charge in [-0.2, -0.15) is 0 Å². The summed E-state index contributed by atoms with van der Waals surface area (Å²) in [5, 5.41) is 86.7. The number of allylic oxidation sites excluding steroid dienone is 21. The van der Waals surface area contributed by atoms with E-state index in [9.17, 15) is 45.6 Å². The molecule has 0 aliphatic carbocycles. The van der Waals surface area contributed by atoms with Crippen molar-refractivity contribution in [1.29, 1.82) is 0 Å². The summed E-state index contributed by atoms with van der Waals surface area (Å²) in [6.45, 7) is 2.59. The molecule has 2 aliphatic heterocycles. The Kier molecular flexibility index (Phi) is 42.2. The van der Waals surface area contributed by atoms with Crippen LogP contribution >= 0.6 is 0 Å². The molecular formula is C63H101NO13. The number of carbonyl (C=O) groups excluding carboxylic acids is 1. The van der Waals surface area contributed by atoms with E-state index in [-0.39, 0.29) is 18.9 Å². The Morgan fingerprint density at radius 2 is 0.896 bits per heavy atom. The van der Waals surface area contributed by atoms with E-state index in [2.05, 4.69) is 141 Å². The molecule has 2 rings (SSSR count). The number of hydrogen-bond donors (Lipinski definition) is 9. The Morgan fingerprint density at radius 1 is 0.481 bits per heavy atom. The number of unbranched alkanes of at least 4 members (excludes halogenated alkanes) is 10. The zero-order chi connectivity index (χ0) is 56.0. The summed E-state index contributed by atoms with van der Waals surface area (Å²) < 4.78 is 22.7. The SMILES string of the molecule is CC/C=C\C/C=C\C/C=C\C/C=C\C/C=C\C/C=C\C/C=C\C/C=C\C/C=C\C/C=C\CCCCC(=O)NC(COC1OC(CO)C(OC2OC(CO)C(O)C(O)C2O)C(O)C1O)C(O)/C=C/CCCCCCCCCC. The summed E-state index contributed by atoms with van der Waals surface area (Å²) in [7, 11) is 0. The fourth-order valence-electron chi connectivity index (χ4n) is 8.43. The van der Waals surface area contributed by atoms with Crippen LogP contribution < -0.4 is 5.32 Å². The first kappa shape index (κ1) is 69.2. The second-order valence-corrected chi connectivity index (χ2v) is 19.7. The van der Waals surface area contributed by atoms with Crippen LogP contribution in [0.15, 0.2) is 134 Å². The molecule has 2 aliphatic rings. The van der Waals surface area contributed by atoms with E-state index >= 15 is 0 Å². The fourth-order valence-corrected chi connectivity index (χ4v) is 8.43. The highest BCUT2D eigenvalue weighted by molar-refractivity contribution is 5.76. The lowest BCUT2D eigenvalue weighted by Crippen LogP contribution is -2.65. The van der Waals surface area contributed by atoms with Gasteiger partial charge >= 0.3 is 0 Å². The first-order valence-corrected chi connectivity index (χ1v) is 28.9.